The van der Waals surface area contributed by atoms with Crippen molar-refractivity contribution in [2.45, 2.75) is 103 Å². The molecule has 0 fully saturated rings. The zero-order valence-corrected chi connectivity index (χ0v) is 35.3. The first kappa shape index (κ1) is 40.9. The quantitative estimate of drug-likeness (QED) is 0.113. The van der Waals surface area contributed by atoms with E-state index in [1.54, 1.807) is 0 Å². The monoisotopic (exact) mass is 745 g/mol. The molecule has 0 N–H and O–H groups in total. The van der Waals surface area contributed by atoms with Gasteiger partial charge in [-0.15, -0.1) is 12.8 Å². The largest absolute Gasteiger partial charge is 0.311 e. The van der Waals surface area contributed by atoms with Gasteiger partial charge in [0.25, 0.3) is 0 Å². The van der Waals surface area contributed by atoms with Gasteiger partial charge in [-0.2, -0.15) is 0 Å². The van der Waals surface area contributed by atoms with Crippen molar-refractivity contribution < 1.29 is 0 Å². The van der Waals surface area contributed by atoms with Gasteiger partial charge in [-0.05, 0) is 147 Å². The van der Waals surface area contributed by atoms with E-state index in [1.807, 2.05) is 0 Å². The molecule has 0 aliphatic heterocycles. The van der Waals surface area contributed by atoms with Crippen LogP contribution in [0.1, 0.15) is 131 Å². The van der Waals surface area contributed by atoms with Crippen molar-refractivity contribution in [3.63, 3.8) is 0 Å². The van der Waals surface area contributed by atoms with E-state index < -0.39 is 0 Å². The maximum Gasteiger partial charge on any atom is 0.0462 e. The molecule has 0 saturated carbocycles. The first-order valence-corrected chi connectivity index (χ1v) is 20.6. The molecule has 0 bridgehead atoms. The molecular weight excluding hydrogens is 687 g/mol. The maximum atomic E-state index is 5.69. The van der Waals surface area contributed by atoms with Gasteiger partial charge in [0, 0.05) is 28.2 Å². The lowest BCUT2D eigenvalue weighted by molar-refractivity contribution is 0.467. The Morgan fingerprint density at radius 2 is 0.807 bits per heavy atom. The van der Waals surface area contributed by atoms with Crippen LogP contribution < -0.4 is 4.90 Å². The highest BCUT2D eigenvalue weighted by molar-refractivity contribution is 5.78. The second kappa shape index (κ2) is 17.6. The molecule has 6 rings (SSSR count). The molecule has 3 unspecified atom stereocenters. The van der Waals surface area contributed by atoms with Gasteiger partial charge in [0.15, 0.2) is 0 Å². The van der Waals surface area contributed by atoms with Crippen LogP contribution in [0.4, 0.5) is 17.1 Å². The lowest BCUT2D eigenvalue weighted by Gasteiger charge is -2.28. The summed E-state index contributed by atoms with van der Waals surface area (Å²) in [5.41, 5.74) is 14.6. The van der Waals surface area contributed by atoms with Crippen molar-refractivity contribution in [2.75, 3.05) is 4.90 Å². The van der Waals surface area contributed by atoms with Gasteiger partial charge < -0.3 is 4.90 Å². The first-order valence-electron chi connectivity index (χ1n) is 20.6. The minimum Gasteiger partial charge on any atom is -0.311 e. The van der Waals surface area contributed by atoms with E-state index in [1.165, 1.54) is 38.9 Å². The molecule has 0 heterocycles. The van der Waals surface area contributed by atoms with Gasteiger partial charge in [0.1, 0.15) is 0 Å². The number of anilines is 3. The zero-order valence-electron chi connectivity index (χ0n) is 35.3. The third-order valence-electron chi connectivity index (χ3n) is 11.7. The Hall–Kier alpha value is -5.76. The fraction of sp³-hybridized carbons (Fsp3) is 0.286. The molecule has 288 valence electrons. The van der Waals surface area contributed by atoms with Crippen LogP contribution in [-0.4, -0.2) is 0 Å². The molecule has 3 atom stereocenters. The SMILES string of the molecule is C#Cc1ccc(C(C)CC(CC(CC)c2ccc(C#C)cc2)c2ccc(-c3ccc(N(c4ccc(C(C)(C)C)cc4)c4ccc(C(C)(C)C)cc4)cc3)cc2)cc1. The summed E-state index contributed by atoms with van der Waals surface area (Å²) in [5, 5.41) is 0. The van der Waals surface area contributed by atoms with Gasteiger partial charge in [-0.1, -0.05) is 152 Å². The number of rotatable bonds is 12. The smallest absolute Gasteiger partial charge is 0.0462 e. The van der Waals surface area contributed by atoms with Crippen LogP contribution >= 0.6 is 0 Å². The summed E-state index contributed by atoms with van der Waals surface area (Å²) in [6.07, 6.45) is 14.5. The van der Waals surface area contributed by atoms with Crippen molar-refractivity contribution in [3.8, 4) is 35.8 Å². The molecule has 6 aromatic rings. The predicted molar refractivity (Wildman–Crippen MR) is 246 cm³/mol. The molecule has 0 saturated heterocycles. The summed E-state index contributed by atoms with van der Waals surface area (Å²) in [7, 11) is 0. The van der Waals surface area contributed by atoms with Crippen molar-refractivity contribution in [1.82, 2.24) is 0 Å². The Kier molecular flexibility index (Phi) is 12.6. The molecule has 6 aromatic carbocycles. The van der Waals surface area contributed by atoms with E-state index in [9.17, 15) is 0 Å². The third kappa shape index (κ3) is 9.98. The minimum absolute atomic E-state index is 0.0918. The Labute approximate surface area is 344 Å². The van der Waals surface area contributed by atoms with Gasteiger partial charge >= 0.3 is 0 Å². The molecule has 0 aromatic heterocycles. The van der Waals surface area contributed by atoms with Gasteiger partial charge in [0.2, 0.25) is 0 Å². The number of hydrogen-bond acceptors (Lipinski definition) is 1. The molecule has 57 heavy (non-hydrogen) atoms. The van der Waals surface area contributed by atoms with Gasteiger partial charge in [-0.3, -0.25) is 0 Å². The van der Waals surface area contributed by atoms with Gasteiger partial charge in [-0.25, -0.2) is 0 Å². The van der Waals surface area contributed by atoms with Crippen LogP contribution in [0, 0.1) is 24.7 Å². The van der Waals surface area contributed by atoms with E-state index in [0.717, 1.165) is 47.5 Å². The van der Waals surface area contributed by atoms with Crippen molar-refractivity contribution in [3.05, 3.63) is 185 Å². The lowest BCUT2D eigenvalue weighted by atomic mass is 9.78. The van der Waals surface area contributed by atoms with E-state index in [2.05, 4.69) is 218 Å². The fourth-order valence-electron chi connectivity index (χ4n) is 7.99. The summed E-state index contributed by atoms with van der Waals surface area (Å²) < 4.78 is 0. The second-order valence-electron chi connectivity index (χ2n) is 17.8. The summed E-state index contributed by atoms with van der Waals surface area (Å²) in [6, 6.07) is 53.6. The number of benzene rings is 6. The molecule has 0 aliphatic carbocycles. The zero-order chi connectivity index (χ0) is 40.7. The van der Waals surface area contributed by atoms with E-state index in [-0.39, 0.29) is 10.8 Å². The van der Waals surface area contributed by atoms with Crippen LogP contribution in [0.25, 0.3) is 11.1 Å². The number of terminal acetylenes is 2. The Morgan fingerprint density at radius 3 is 1.19 bits per heavy atom. The predicted octanol–water partition coefficient (Wildman–Crippen LogP) is 15.2. The third-order valence-corrected chi connectivity index (χ3v) is 11.7. The maximum absolute atomic E-state index is 5.69. The van der Waals surface area contributed by atoms with Crippen molar-refractivity contribution in [2.24, 2.45) is 0 Å². The fourth-order valence-corrected chi connectivity index (χ4v) is 7.99. The summed E-state index contributed by atoms with van der Waals surface area (Å²) in [6.45, 7) is 18.2. The van der Waals surface area contributed by atoms with Crippen LogP contribution in [-0.2, 0) is 10.8 Å². The molecule has 0 amide bonds. The Balaban J connectivity index is 1.29. The summed E-state index contributed by atoms with van der Waals surface area (Å²) >= 11 is 0. The highest BCUT2D eigenvalue weighted by atomic mass is 15.1. The first-order chi connectivity index (χ1) is 27.3. The molecular formula is C56H59N. The van der Waals surface area contributed by atoms with Gasteiger partial charge in [0.05, 0.1) is 0 Å². The lowest BCUT2D eigenvalue weighted by Crippen LogP contribution is -2.14. The molecule has 0 aliphatic rings. The molecule has 1 heteroatoms. The molecule has 0 spiro atoms. The number of nitrogens with zero attached hydrogens (tertiary/aromatic N) is 1. The Bertz CT molecular complexity index is 2220. The highest BCUT2D eigenvalue weighted by Gasteiger charge is 2.23. The van der Waals surface area contributed by atoms with E-state index in [0.29, 0.717) is 17.8 Å². The van der Waals surface area contributed by atoms with Crippen molar-refractivity contribution >= 4 is 17.1 Å². The summed E-state index contributed by atoms with van der Waals surface area (Å²) in [4.78, 5) is 2.36. The second-order valence-corrected chi connectivity index (χ2v) is 17.8. The normalized spacial score (nSPS) is 13.2. The van der Waals surface area contributed by atoms with Crippen LogP contribution in [0.2, 0.25) is 0 Å². The number of hydrogen-bond donors (Lipinski definition) is 0. The average molecular weight is 746 g/mol. The molecule has 0 radical (unpaired) electrons. The summed E-state index contributed by atoms with van der Waals surface area (Å²) in [5.74, 6) is 6.72. The van der Waals surface area contributed by atoms with Crippen LogP contribution in [0.3, 0.4) is 0 Å². The topological polar surface area (TPSA) is 3.24 Å². The van der Waals surface area contributed by atoms with E-state index >= 15 is 0 Å². The Morgan fingerprint density at radius 1 is 0.456 bits per heavy atom. The highest BCUT2D eigenvalue weighted by Crippen LogP contribution is 2.41. The van der Waals surface area contributed by atoms with Crippen molar-refractivity contribution in [1.29, 1.82) is 0 Å². The van der Waals surface area contributed by atoms with Crippen LogP contribution in [0.5, 0.6) is 0 Å². The average Bonchev–Trinajstić information content (AvgIpc) is 3.22. The molecule has 1 nitrogen and oxygen atoms in total. The van der Waals surface area contributed by atoms with Crippen LogP contribution in [0.15, 0.2) is 146 Å². The minimum atomic E-state index is 0.0918. The standard InChI is InChI=1S/C56H59N/c1-11-41-14-18-44(19-15-41)40(4)38-49(39-43(13-3)45-20-16-42(12-2)17-21-45)48-24-22-46(23-25-48)47-26-32-52(33-27-47)57(53-34-28-50(29-35-53)55(5,6)7)54-36-30-51(31-37-54)56(8,9)10/h1-2,14-37,40,43,49H,13,38-39H2,3-10H3. The van der Waals surface area contributed by atoms with E-state index in [4.69, 9.17) is 12.8 Å².